The van der Waals surface area contributed by atoms with E-state index in [-0.39, 0.29) is 11.9 Å². The minimum Gasteiger partial charge on any atom is -0.376 e. The largest absolute Gasteiger partial charge is 0.376 e. The van der Waals surface area contributed by atoms with Gasteiger partial charge in [0.15, 0.2) is 0 Å². The van der Waals surface area contributed by atoms with Crippen molar-refractivity contribution in [2.45, 2.75) is 12.5 Å². The molecule has 1 N–H and O–H groups in total. The lowest BCUT2D eigenvalue weighted by molar-refractivity contribution is 0.627. The van der Waals surface area contributed by atoms with Crippen LogP contribution in [0.15, 0.2) is 57.7 Å². The fourth-order valence-electron chi connectivity index (χ4n) is 2.14. The van der Waals surface area contributed by atoms with Crippen molar-refractivity contribution in [3.8, 4) is 0 Å². The number of halogens is 2. The van der Waals surface area contributed by atoms with Crippen molar-refractivity contribution in [2.75, 3.05) is 5.32 Å². The monoisotopic (exact) mass is 381 g/mol. The fraction of sp³-hybridized carbons (Fsp3) is 0.125. The molecule has 0 radical (unpaired) electrons. The van der Waals surface area contributed by atoms with E-state index < -0.39 is 0 Å². The normalized spacial score (nSPS) is 12.3. The van der Waals surface area contributed by atoms with Crippen molar-refractivity contribution in [2.24, 2.45) is 0 Å². The van der Waals surface area contributed by atoms with Crippen LogP contribution in [0.3, 0.4) is 0 Å². The molecule has 5 heteroatoms. The van der Waals surface area contributed by atoms with Crippen LogP contribution in [0.5, 0.6) is 0 Å². The van der Waals surface area contributed by atoms with Gasteiger partial charge in [-0.05, 0) is 57.0 Å². The van der Waals surface area contributed by atoms with Gasteiger partial charge in [0.05, 0.1) is 6.04 Å². The summed E-state index contributed by atoms with van der Waals surface area (Å²) in [6.45, 7) is 0. The molecule has 1 aromatic carbocycles. The Labute approximate surface area is 139 Å². The first-order valence-corrected chi connectivity index (χ1v) is 9.05. The van der Waals surface area contributed by atoms with Crippen molar-refractivity contribution in [1.82, 2.24) is 0 Å². The van der Waals surface area contributed by atoms with E-state index in [1.54, 1.807) is 28.7 Å². The molecule has 0 spiro atoms. The maximum absolute atomic E-state index is 13.2. The first-order valence-electron chi connectivity index (χ1n) is 6.50. The van der Waals surface area contributed by atoms with Crippen molar-refractivity contribution in [1.29, 1.82) is 0 Å². The Bertz CT molecular complexity index is 695. The number of hydrogen-bond donors (Lipinski definition) is 1. The average molecular weight is 382 g/mol. The molecule has 0 amide bonds. The summed E-state index contributed by atoms with van der Waals surface area (Å²) < 4.78 is 14.0. The molecule has 3 aromatic rings. The van der Waals surface area contributed by atoms with E-state index in [4.69, 9.17) is 0 Å². The summed E-state index contributed by atoms with van der Waals surface area (Å²) in [6, 6.07) is 13.3. The van der Waals surface area contributed by atoms with Crippen LogP contribution in [-0.2, 0) is 6.42 Å². The summed E-state index contributed by atoms with van der Waals surface area (Å²) in [5.74, 6) is -0.238. The van der Waals surface area contributed by atoms with Crippen LogP contribution in [0.4, 0.5) is 10.1 Å². The van der Waals surface area contributed by atoms with Gasteiger partial charge in [0.2, 0.25) is 0 Å². The van der Waals surface area contributed by atoms with Crippen LogP contribution >= 0.6 is 38.6 Å². The summed E-state index contributed by atoms with van der Waals surface area (Å²) >= 11 is 6.91. The van der Waals surface area contributed by atoms with Gasteiger partial charge in [-0.2, -0.15) is 0 Å². The van der Waals surface area contributed by atoms with Crippen LogP contribution in [0.2, 0.25) is 0 Å². The van der Waals surface area contributed by atoms with Gasteiger partial charge in [0, 0.05) is 26.3 Å². The van der Waals surface area contributed by atoms with Crippen molar-refractivity contribution in [3.63, 3.8) is 0 Å². The average Bonchev–Trinajstić information content (AvgIpc) is 3.13. The van der Waals surface area contributed by atoms with Gasteiger partial charge in [-0.15, -0.1) is 22.7 Å². The molecule has 2 heterocycles. The lowest BCUT2D eigenvalue weighted by atomic mass is 10.1. The second kappa shape index (κ2) is 6.73. The molecule has 0 saturated carbocycles. The molecule has 0 aliphatic carbocycles. The minimum atomic E-state index is -0.238. The van der Waals surface area contributed by atoms with Crippen LogP contribution in [0.1, 0.15) is 15.8 Å². The molecule has 1 nitrogen and oxygen atoms in total. The third-order valence-electron chi connectivity index (χ3n) is 3.13. The molecular formula is C16H13BrFNS2. The number of rotatable bonds is 5. The third kappa shape index (κ3) is 3.73. The lowest BCUT2D eigenvalue weighted by Gasteiger charge is -2.19. The Morgan fingerprint density at radius 1 is 1.10 bits per heavy atom. The van der Waals surface area contributed by atoms with E-state index in [2.05, 4.69) is 56.3 Å². The predicted octanol–water partition coefficient (Wildman–Crippen LogP) is 6.11. The van der Waals surface area contributed by atoms with Crippen LogP contribution in [0, 0.1) is 5.82 Å². The molecule has 0 bridgehead atoms. The smallest absolute Gasteiger partial charge is 0.124 e. The maximum Gasteiger partial charge on any atom is 0.124 e. The van der Waals surface area contributed by atoms with Gasteiger partial charge >= 0.3 is 0 Å². The second-order valence-electron chi connectivity index (χ2n) is 4.62. The van der Waals surface area contributed by atoms with Crippen molar-refractivity contribution in [3.05, 3.63) is 73.3 Å². The molecule has 0 aliphatic heterocycles. The van der Waals surface area contributed by atoms with Crippen LogP contribution in [-0.4, -0.2) is 0 Å². The molecule has 0 aliphatic rings. The highest BCUT2D eigenvalue weighted by Gasteiger charge is 2.15. The molecule has 21 heavy (non-hydrogen) atoms. The second-order valence-corrected chi connectivity index (χ2v) is 7.49. The number of thiophene rings is 2. The Hall–Kier alpha value is -1.17. The molecule has 1 atom stereocenters. The third-order valence-corrected chi connectivity index (χ3v) is 5.67. The molecule has 2 aromatic heterocycles. The van der Waals surface area contributed by atoms with Gasteiger partial charge < -0.3 is 5.32 Å². The minimum absolute atomic E-state index is 0.186. The number of nitrogens with one attached hydrogen (secondary N) is 1. The van der Waals surface area contributed by atoms with Crippen molar-refractivity contribution < 1.29 is 4.39 Å². The topological polar surface area (TPSA) is 12.0 Å². The SMILES string of the molecule is Fc1ccc(NC(Cc2cccs2)c2cccs2)c(Br)c1. The number of hydrogen-bond acceptors (Lipinski definition) is 3. The van der Waals surface area contributed by atoms with Gasteiger partial charge in [-0.3, -0.25) is 0 Å². The molecule has 1 unspecified atom stereocenters. The molecular weight excluding hydrogens is 369 g/mol. The zero-order chi connectivity index (χ0) is 14.7. The fourth-order valence-corrected chi connectivity index (χ4v) is 4.13. The van der Waals surface area contributed by atoms with Crippen LogP contribution in [0.25, 0.3) is 0 Å². The summed E-state index contributed by atoms with van der Waals surface area (Å²) in [5, 5.41) is 7.69. The predicted molar refractivity (Wildman–Crippen MR) is 92.8 cm³/mol. The Morgan fingerprint density at radius 2 is 1.90 bits per heavy atom. The summed E-state index contributed by atoms with van der Waals surface area (Å²) in [7, 11) is 0. The molecule has 108 valence electrons. The number of anilines is 1. The van der Waals surface area contributed by atoms with Gasteiger partial charge in [-0.25, -0.2) is 4.39 Å². The highest BCUT2D eigenvalue weighted by atomic mass is 79.9. The molecule has 0 saturated heterocycles. The standard InChI is InChI=1S/C16H13BrFNS2/c17-13-9-11(18)5-6-14(13)19-15(16-4-2-8-21-16)10-12-3-1-7-20-12/h1-9,15,19H,10H2. The Balaban J connectivity index is 1.85. The Morgan fingerprint density at radius 3 is 2.57 bits per heavy atom. The number of benzene rings is 1. The van der Waals surface area contributed by atoms with Gasteiger partial charge in [-0.1, -0.05) is 12.1 Å². The van der Waals surface area contributed by atoms with E-state index in [1.807, 2.05) is 0 Å². The molecule has 3 rings (SSSR count). The lowest BCUT2D eigenvalue weighted by Crippen LogP contribution is -2.12. The zero-order valence-corrected chi connectivity index (χ0v) is 14.3. The first-order chi connectivity index (χ1) is 10.2. The summed E-state index contributed by atoms with van der Waals surface area (Å²) in [5.41, 5.74) is 0.909. The van der Waals surface area contributed by atoms with Crippen LogP contribution < -0.4 is 5.32 Å². The highest BCUT2D eigenvalue weighted by Crippen LogP contribution is 2.31. The Kier molecular flexibility index (Phi) is 4.73. The van der Waals surface area contributed by atoms with E-state index in [9.17, 15) is 4.39 Å². The van der Waals surface area contributed by atoms with Crippen molar-refractivity contribution >= 4 is 44.3 Å². The molecule has 0 fully saturated rings. The van der Waals surface area contributed by atoms with E-state index in [1.165, 1.54) is 21.9 Å². The van der Waals surface area contributed by atoms with Gasteiger partial charge in [0.1, 0.15) is 5.82 Å². The van der Waals surface area contributed by atoms with Gasteiger partial charge in [0.25, 0.3) is 0 Å². The summed E-state index contributed by atoms with van der Waals surface area (Å²) in [6.07, 6.45) is 0.919. The van der Waals surface area contributed by atoms with E-state index in [0.717, 1.165) is 16.6 Å². The zero-order valence-electron chi connectivity index (χ0n) is 11.1. The quantitative estimate of drug-likeness (QED) is 0.562. The first kappa shape index (κ1) is 14.8. The van der Waals surface area contributed by atoms with E-state index >= 15 is 0 Å². The summed E-state index contributed by atoms with van der Waals surface area (Å²) in [4.78, 5) is 2.61. The maximum atomic E-state index is 13.2. The highest BCUT2D eigenvalue weighted by molar-refractivity contribution is 9.10. The van der Waals surface area contributed by atoms with E-state index in [0.29, 0.717) is 0 Å².